The summed E-state index contributed by atoms with van der Waals surface area (Å²) >= 11 is 0. The summed E-state index contributed by atoms with van der Waals surface area (Å²) in [6.45, 7) is 0.309. The smallest absolute Gasteiger partial charge is 0.332 e. The number of hydrogen-bond acceptors (Lipinski definition) is 1. The van der Waals surface area contributed by atoms with E-state index in [1.54, 1.807) is 0 Å². The minimum Gasteiger partial charge on any atom is -0.332 e. The lowest BCUT2D eigenvalue weighted by atomic mass is 9.85. The molecule has 0 aromatic rings. The molecule has 0 bridgehead atoms. The van der Waals surface area contributed by atoms with Crippen LogP contribution in [-0.2, 0) is 4.79 Å². The Morgan fingerprint density at radius 1 is 1.20 bits per heavy atom. The standard InChI is InChI=1S/C10H14F3NO/c11-10(12,13)9(15)14(8-4-5-8)6-7-2-1-3-7/h7-8H,1-6H2. The number of amides is 1. The van der Waals surface area contributed by atoms with Crippen molar-refractivity contribution in [2.24, 2.45) is 5.92 Å². The number of nitrogens with zero attached hydrogens (tertiary/aromatic N) is 1. The lowest BCUT2D eigenvalue weighted by molar-refractivity contribution is -0.187. The Balaban J connectivity index is 1.95. The van der Waals surface area contributed by atoms with E-state index in [0.717, 1.165) is 37.0 Å². The van der Waals surface area contributed by atoms with E-state index in [0.29, 0.717) is 12.5 Å². The molecule has 0 heterocycles. The van der Waals surface area contributed by atoms with Gasteiger partial charge in [0.05, 0.1) is 0 Å². The fourth-order valence-corrected chi connectivity index (χ4v) is 1.90. The van der Waals surface area contributed by atoms with Crippen molar-refractivity contribution in [3.8, 4) is 0 Å². The zero-order valence-electron chi connectivity index (χ0n) is 8.39. The lowest BCUT2D eigenvalue weighted by Gasteiger charge is -2.32. The normalized spacial score (nSPS) is 22.3. The SMILES string of the molecule is O=C(N(CC1CCC1)C1CC1)C(F)(F)F. The quantitative estimate of drug-likeness (QED) is 0.716. The zero-order chi connectivity index (χ0) is 11.1. The van der Waals surface area contributed by atoms with E-state index in [4.69, 9.17) is 0 Å². The fraction of sp³-hybridized carbons (Fsp3) is 0.900. The summed E-state index contributed by atoms with van der Waals surface area (Å²) in [5.41, 5.74) is 0. The molecule has 86 valence electrons. The summed E-state index contributed by atoms with van der Waals surface area (Å²) in [6.07, 6.45) is -0.221. The van der Waals surface area contributed by atoms with Crippen molar-refractivity contribution in [3.63, 3.8) is 0 Å². The van der Waals surface area contributed by atoms with Crippen molar-refractivity contribution in [2.75, 3.05) is 6.54 Å². The van der Waals surface area contributed by atoms with Crippen LogP contribution in [0, 0.1) is 5.92 Å². The molecule has 2 nitrogen and oxygen atoms in total. The van der Waals surface area contributed by atoms with Gasteiger partial charge in [-0.05, 0) is 31.6 Å². The molecule has 2 saturated carbocycles. The average Bonchev–Trinajstić information content (AvgIpc) is 2.83. The summed E-state index contributed by atoms with van der Waals surface area (Å²) in [5.74, 6) is -1.34. The largest absolute Gasteiger partial charge is 0.471 e. The van der Waals surface area contributed by atoms with Gasteiger partial charge in [-0.2, -0.15) is 13.2 Å². The first-order valence-corrected chi connectivity index (χ1v) is 5.36. The molecule has 2 aliphatic rings. The second-order valence-electron chi connectivity index (χ2n) is 4.48. The molecule has 5 heteroatoms. The molecule has 15 heavy (non-hydrogen) atoms. The van der Waals surface area contributed by atoms with Gasteiger partial charge in [-0.15, -0.1) is 0 Å². The van der Waals surface area contributed by atoms with E-state index in [1.807, 2.05) is 0 Å². The molecule has 0 atom stereocenters. The minimum absolute atomic E-state index is 0.139. The van der Waals surface area contributed by atoms with Crippen LogP contribution < -0.4 is 0 Å². The van der Waals surface area contributed by atoms with Gasteiger partial charge in [0.25, 0.3) is 0 Å². The number of carbonyl (C=O) groups is 1. The van der Waals surface area contributed by atoms with Crippen LogP contribution in [0.3, 0.4) is 0 Å². The minimum atomic E-state index is -4.70. The maximum Gasteiger partial charge on any atom is 0.471 e. The van der Waals surface area contributed by atoms with E-state index in [1.165, 1.54) is 0 Å². The van der Waals surface area contributed by atoms with E-state index in [2.05, 4.69) is 0 Å². The van der Waals surface area contributed by atoms with Crippen LogP contribution in [-0.4, -0.2) is 29.6 Å². The highest BCUT2D eigenvalue weighted by Crippen LogP contribution is 2.35. The molecule has 0 radical (unpaired) electrons. The molecule has 0 unspecified atom stereocenters. The second-order valence-corrected chi connectivity index (χ2v) is 4.48. The second kappa shape index (κ2) is 3.68. The van der Waals surface area contributed by atoms with Crippen LogP contribution in [0.15, 0.2) is 0 Å². The zero-order valence-corrected chi connectivity index (χ0v) is 8.39. The van der Waals surface area contributed by atoms with Gasteiger partial charge in [0, 0.05) is 12.6 Å². The van der Waals surface area contributed by atoms with Gasteiger partial charge in [-0.1, -0.05) is 6.42 Å². The highest BCUT2D eigenvalue weighted by atomic mass is 19.4. The molecule has 1 amide bonds. The maximum atomic E-state index is 12.3. The summed E-state index contributed by atoms with van der Waals surface area (Å²) in [7, 11) is 0. The Kier molecular flexibility index (Phi) is 2.64. The number of halogens is 3. The Labute approximate surface area is 86.4 Å². The Bertz CT molecular complexity index is 256. The van der Waals surface area contributed by atoms with Crippen LogP contribution in [0.2, 0.25) is 0 Å². The van der Waals surface area contributed by atoms with E-state index in [9.17, 15) is 18.0 Å². The van der Waals surface area contributed by atoms with Crippen LogP contribution in [0.5, 0.6) is 0 Å². The summed E-state index contributed by atoms with van der Waals surface area (Å²) in [4.78, 5) is 12.2. The fourth-order valence-electron chi connectivity index (χ4n) is 1.90. The summed E-state index contributed by atoms with van der Waals surface area (Å²) in [5, 5.41) is 0. The molecule has 0 aromatic heterocycles. The highest BCUT2D eigenvalue weighted by molar-refractivity contribution is 5.82. The lowest BCUT2D eigenvalue weighted by Crippen LogP contribution is -2.45. The van der Waals surface area contributed by atoms with Gasteiger partial charge < -0.3 is 4.90 Å². The van der Waals surface area contributed by atoms with Gasteiger partial charge in [-0.25, -0.2) is 0 Å². The third kappa shape index (κ3) is 2.44. The van der Waals surface area contributed by atoms with Crippen molar-refractivity contribution in [2.45, 2.75) is 44.3 Å². The number of carbonyl (C=O) groups excluding carboxylic acids is 1. The van der Waals surface area contributed by atoms with Crippen LogP contribution in [0.1, 0.15) is 32.1 Å². The first kappa shape index (κ1) is 10.8. The third-order valence-corrected chi connectivity index (χ3v) is 3.17. The first-order chi connectivity index (χ1) is 6.98. The molecular weight excluding hydrogens is 207 g/mol. The van der Waals surface area contributed by atoms with E-state index < -0.39 is 12.1 Å². The predicted molar refractivity (Wildman–Crippen MR) is 48.1 cm³/mol. The van der Waals surface area contributed by atoms with Gasteiger partial charge in [0.2, 0.25) is 0 Å². The van der Waals surface area contributed by atoms with E-state index in [-0.39, 0.29) is 6.04 Å². The predicted octanol–water partition coefficient (Wildman–Crippen LogP) is 2.34. The number of alkyl halides is 3. The third-order valence-electron chi connectivity index (χ3n) is 3.17. The molecule has 2 rings (SSSR count). The van der Waals surface area contributed by atoms with Gasteiger partial charge in [0.15, 0.2) is 0 Å². The molecule has 0 aromatic carbocycles. The summed E-state index contributed by atoms with van der Waals surface area (Å²) < 4.78 is 36.8. The average molecular weight is 221 g/mol. The Hall–Kier alpha value is -0.740. The van der Waals surface area contributed by atoms with Gasteiger partial charge >= 0.3 is 12.1 Å². The molecule has 0 spiro atoms. The van der Waals surface area contributed by atoms with Crippen molar-refractivity contribution >= 4 is 5.91 Å². The Morgan fingerprint density at radius 2 is 1.80 bits per heavy atom. The summed E-state index contributed by atoms with van der Waals surface area (Å²) in [6, 6.07) is -0.139. The van der Waals surface area contributed by atoms with Crippen molar-refractivity contribution in [1.82, 2.24) is 4.90 Å². The number of rotatable bonds is 3. The van der Waals surface area contributed by atoms with Crippen molar-refractivity contribution in [3.05, 3.63) is 0 Å². The molecular formula is C10H14F3NO. The van der Waals surface area contributed by atoms with Gasteiger partial charge in [0.1, 0.15) is 0 Å². The molecule has 0 aliphatic heterocycles. The first-order valence-electron chi connectivity index (χ1n) is 5.36. The molecule has 2 aliphatic carbocycles. The van der Waals surface area contributed by atoms with Gasteiger partial charge in [-0.3, -0.25) is 4.79 Å². The van der Waals surface area contributed by atoms with E-state index >= 15 is 0 Å². The van der Waals surface area contributed by atoms with Crippen molar-refractivity contribution in [1.29, 1.82) is 0 Å². The molecule has 2 fully saturated rings. The monoisotopic (exact) mass is 221 g/mol. The molecule has 0 saturated heterocycles. The van der Waals surface area contributed by atoms with Crippen LogP contribution in [0.4, 0.5) is 13.2 Å². The molecule has 0 N–H and O–H groups in total. The maximum absolute atomic E-state index is 12.3. The topological polar surface area (TPSA) is 20.3 Å². The van der Waals surface area contributed by atoms with Crippen LogP contribution in [0.25, 0.3) is 0 Å². The number of hydrogen-bond donors (Lipinski definition) is 0. The highest BCUT2D eigenvalue weighted by Gasteiger charge is 2.47. The van der Waals surface area contributed by atoms with Crippen LogP contribution >= 0.6 is 0 Å². The Morgan fingerprint density at radius 3 is 2.13 bits per heavy atom. The van der Waals surface area contributed by atoms with Crippen molar-refractivity contribution < 1.29 is 18.0 Å².